The first-order valence-electron chi connectivity index (χ1n) is 8.86. The molecule has 1 saturated heterocycles. The topological polar surface area (TPSA) is 105 Å². The fourth-order valence-corrected chi connectivity index (χ4v) is 3.11. The zero-order chi connectivity index (χ0) is 19.7. The molecule has 0 spiro atoms. The number of anilines is 2. The van der Waals surface area contributed by atoms with Crippen molar-refractivity contribution in [3.05, 3.63) is 59.4 Å². The first-order valence-corrected chi connectivity index (χ1v) is 8.86. The number of nitrogens with one attached hydrogen (secondary N) is 2. The number of amides is 3. The standard InChI is InChI=1S/C19H19N7O2/c1-12-6-7-15(11-17(12)26-13(2)22-23-24-26)21-18(27)14-4-3-5-16(10-14)25-9-8-20-19(25)28/h3-7,10-11H,8-9H2,1-2H3,(H,20,28)(H,21,27). The van der Waals surface area contributed by atoms with Crippen LogP contribution in [-0.2, 0) is 0 Å². The van der Waals surface area contributed by atoms with Crippen molar-refractivity contribution in [3.63, 3.8) is 0 Å². The number of benzene rings is 2. The van der Waals surface area contributed by atoms with Gasteiger partial charge >= 0.3 is 6.03 Å². The SMILES string of the molecule is Cc1ccc(NC(=O)c2cccc(N3CCNC3=O)c2)cc1-n1nnnc1C. The van der Waals surface area contributed by atoms with E-state index in [4.69, 9.17) is 0 Å². The predicted octanol–water partition coefficient (Wildman–Crippen LogP) is 2.06. The van der Waals surface area contributed by atoms with Gasteiger partial charge in [-0.15, -0.1) is 5.10 Å². The maximum Gasteiger partial charge on any atom is 0.321 e. The smallest absolute Gasteiger partial charge is 0.321 e. The van der Waals surface area contributed by atoms with Gasteiger partial charge in [0.2, 0.25) is 0 Å². The summed E-state index contributed by atoms with van der Waals surface area (Å²) < 4.78 is 1.62. The van der Waals surface area contributed by atoms with Gasteiger partial charge in [0.25, 0.3) is 5.91 Å². The quantitative estimate of drug-likeness (QED) is 0.724. The van der Waals surface area contributed by atoms with E-state index in [1.165, 1.54) is 0 Å². The number of hydrogen-bond donors (Lipinski definition) is 2. The number of urea groups is 1. The lowest BCUT2D eigenvalue weighted by Gasteiger charge is -2.15. The van der Waals surface area contributed by atoms with Crippen molar-refractivity contribution in [2.24, 2.45) is 0 Å². The Balaban J connectivity index is 1.58. The second kappa shape index (κ2) is 7.10. The van der Waals surface area contributed by atoms with Gasteiger partial charge in [-0.25, -0.2) is 4.79 Å². The minimum atomic E-state index is -0.260. The van der Waals surface area contributed by atoms with Crippen LogP contribution in [0, 0.1) is 13.8 Å². The van der Waals surface area contributed by atoms with E-state index in [1.807, 2.05) is 38.1 Å². The second-order valence-corrected chi connectivity index (χ2v) is 6.53. The van der Waals surface area contributed by atoms with Crippen LogP contribution in [0.2, 0.25) is 0 Å². The normalized spacial score (nSPS) is 13.5. The highest BCUT2D eigenvalue weighted by Crippen LogP contribution is 2.22. The summed E-state index contributed by atoms with van der Waals surface area (Å²) in [5.74, 6) is 0.396. The Morgan fingerprint density at radius 3 is 2.75 bits per heavy atom. The molecule has 2 aromatic carbocycles. The van der Waals surface area contributed by atoms with Crippen LogP contribution in [0.3, 0.4) is 0 Å². The van der Waals surface area contributed by atoms with Crippen LogP contribution in [-0.4, -0.2) is 45.2 Å². The summed E-state index contributed by atoms with van der Waals surface area (Å²) in [6.45, 7) is 4.94. The summed E-state index contributed by atoms with van der Waals surface area (Å²) in [5, 5.41) is 17.2. The van der Waals surface area contributed by atoms with E-state index < -0.39 is 0 Å². The molecule has 0 atom stereocenters. The van der Waals surface area contributed by atoms with E-state index in [0.29, 0.717) is 35.9 Å². The molecule has 2 N–H and O–H groups in total. The Morgan fingerprint density at radius 2 is 2.04 bits per heavy atom. The summed E-state index contributed by atoms with van der Waals surface area (Å²) in [5.41, 5.74) is 3.57. The lowest BCUT2D eigenvalue weighted by Crippen LogP contribution is -2.27. The van der Waals surface area contributed by atoms with Crippen LogP contribution < -0.4 is 15.5 Å². The Labute approximate surface area is 161 Å². The van der Waals surface area contributed by atoms with Gasteiger partial charge in [0.15, 0.2) is 5.82 Å². The van der Waals surface area contributed by atoms with Gasteiger partial charge in [0.05, 0.1) is 5.69 Å². The van der Waals surface area contributed by atoms with Gasteiger partial charge < -0.3 is 10.6 Å². The summed E-state index contributed by atoms with van der Waals surface area (Å²) in [4.78, 5) is 26.2. The Kier molecular flexibility index (Phi) is 4.48. The van der Waals surface area contributed by atoms with Gasteiger partial charge in [-0.3, -0.25) is 9.69 Å². The molecule has 0 aliphatic carbocycles. The molecule has 0 bridgehead atoms. The number of aryl methyl sites for hydroxylation is 2. The molecule has 0 radical (unpaired) electrons. The van der Waals surface area contributed by atoms with Crippen molar-refractivity contribution in [2.45, 2.75) is 13.8 Å². The first kappa shape index (κ1) is 17.7. The van der Waals surface area contributed by atoms with Crippen molar-refractivity contribution in [3.8, 4) is 5.69 Å². The number of carbonyl (C=O) groups excluding carboxylic acids is 2. The van der Waals surface area contributed by atoms with Gasteiger partial charge in [0, 0.05) is 30.0 Å². The summed E-state index contributed by atoms with van der Waals surface area (Å²) in [6, 6.07) is 12.4. The molecule has 1 aliphatic rings. The third-order valence-electron chi connectivity index (χ3n) is 4.60. The lowest BCUT2D eigenvalue weighted by molar-refractivity contribution is 0.102. The predicted molar refractivity (Wildman–Crippen MR) is 104 cm³/mol. The van der Waals surface area contributed by atoms with Crippen molar-refractivity contribution in [1.82, 2.24) is 25.5 Å². The number of nitrogens with zero attached hydrogens (tertiary/aromatic N) is 5. The van der Waals surface area contributed by atoms with Crippen LogP contribution in [0.4, 0.5) is 16.2 Å². The van der Waals surface area contributed by atoms with E-state index in [-0.39, 0.29) is 11.9 Å². The molecule has 0 unspecified atom stereocenters. The molecule has 9 nitrogen and oxygen atoms in total. The monoisotopic (exact) mass is 377 g/mol. The highest BCUT2D eigenvalue weighted by molar-refractivity contribution is 6.05. The van der Waals surface area contributed by atoms with Crippen LogP contribution in [0.5, 0.6) is 0 Å². The fourth-order valence-electron chi connectivity index (χ4n) is 3.11. The number of tetrazole rings is 1. The molecule has 4 rings (SSSR count). The summed E-state index contributed by atoms with van der Waals surface area (Å²) in [6.07, 6.45) is 0. The molecule has 142 valence electrons. The maximum absolute atomic E-state index is 12.7. The molecule has 1 aliphatic heterocycles. The zero-order valence-corrected chi connectivity index (χ0v) is 15.5. The first-order chi connectivity index (χ1) is 13.5. The van der Waals surface area contributed by atoms with Crippen molar-refractivity contribution in [2.75, 3.05) is 23.3 Å². The maximum atomic E-state index is 12.7. The van der Waals surface area contributed by atoms with Crippen LogP contribution in [0.25, 0.3) is 5.69 Å². The molecule has 28 heavy (non-hydrogen) atoms. The zero-order valence-electron chi connectivity index (χ0n) is 15.5. The van der Waals surface area contributed by atoms with Crippen molar-refractivity contribution in [1.29, 1.82) is 0 Å². The third kappa shape index (κ3) is 3.29. The second-order valence-electron chi connectivity index (χ2n) is 6.53. The average Bonchev–Trinajstić information content (AvgIpc) is 3.31. The summed E-state index contributed by atoms with van der Waals surface area (Å²) in [7, 11) is 0. The van der Waals surface area contributed by atoms with Crippen LogP contribution in [0.15, 0.2) is 42.5 Å². The Hall–Kier alpha value is -3.75. The lowest BCUT2D eigenvalue weighted by atomic mass is 10.1. The Bertz CT molecular complexity index is 1060. The molecule has 9 heteroatoms. The van der Waals surface area contributed by atoms with Gasteiger partial charge in [0.1, 0.15) is 0 Å². The van der Waals surface area contributed by atoms with Gasteiger partial charge in [-0.2, -0.15) is 4.68 Å². The molecule has 2 heterocycles. The van der Waals surface area contributed by atoms with E-state index in [1.54, 1.807) is 27.8 Å². The summed E-state index contributed by atoms with van der Waals surface area (Å²) >= 11 is 0. The molecule has 0 saturated carbocycles. The average molecular weight is 377 g/mol. The molecule has 3 amide bonds. The van der Waals surface area contributed by atoms with Crippen molar-refractivity contribution >= 4 is 23.3 Å². The number of carbonyl (C=O) groups is 2. The van der Waals surface area contributed by atoms with E-state index >= 15 is 0 Å². The minimum Gasteiger partial charge on any atom is -0.336 e. The van der Waals surface area contributed by atoms with Crippen LogP contribution >= 0.6 is 0 Å². The number of aromatic nitrogens is 4. The molecule has 3 aromatic rings. The van der Waals surface area contributed by atoms with Crippen LogP contribution in [0.1, 0.15) is 21.7 Å². The van der Waals surface area contributed by atoms with E-state index in [9.17, 15) is 9.59 Å². The third-order valence-corrected chi connectivity index (χ3v) is 4.60. The van der Waals surface area contributed by atoms with Crippen molar-refractivity contribution < 1.29 is 9.59 Å². The van der Waals surface area contributed by atoms with Gasteiger partial charge in [-0.1, -0.05) is 12.1 Å². The minimum absolute atomic E-state index is 0.155. The molecule has 1 aromatic heterocycles. The Morgan fingerprint density at radius 1 is 1.18 bits per heavy atom. The largest absolute Gasteiger partial charge is 0.336 e. The highest BCUT2D eigenvalue weighted by Gasteiger charge is 2.21. The number of rotatable bonds is 4. The highest BCUT2D eigenvalue weighted by atomic mass is 16.2. The number of hydrogen-bond acceptors (Lipinski definition) is 5. The molecular formula is C19H19N7O2. The molecule has 1 fully saturated rings. The van der Waals surface area contributed by atoms with Gasteiger partial charge in [-0.05, 0) is 60.2 Å². The van der Waals surface area contributed by atoms with E-state index in [2.05, 4.69) is 26.2 Å². The molecular weight excluding hydrogens is 358 g/mol. The van der Waals surface area contributed by atoms with E-state index in [0.717, 1.165) is 11.3 Å². The fraction of sp³-hybridized carbons (Fsp3) is 0.211.